The first-order valence-electron chi connectivity index (χ1n) is 14.2. The third-order valence-electron chi connectivity index (χ3n) is 8.12. The molecule has 3 N–H and O–H groups in total. The largest absolute Gasteiger partial charge is 0.490 e. The lowest BCUT2D eigenvalue weighted by molar-refractivity contribution is -0.137. The molecule has 6 rings (SSSR count). The molecule has 0 unspecified atom stereocenters. The molecular weight excluding hydrogens is 563 g/mol. The molecule has 1 saturated heterocycles. The number of rotatable bonds is 5. The van der Waals surface area contributed by atoms with Crippen LogP contribution in [-0.2, 0) is 28.5 Å². The summed E-state index contributed by atoms with van der Waals surface area (Å²) in [5.74, 6) is -0.786. The number of halogens is 3. The summed E-state index contributed by atoms with van der Waals surface area (Å²) in [5, 5.41) is 8.73. The molecule has 0 bridgehead atoms. The van der Waals surface area contributed by atoms with Crippen LogP contribution < -0.4 is 20.7 Å². The van der Waals surface area contributed by atoms with Crippen LogP contribution >= 0.6 is 0 Å². The maximum Gasteiger partial charge on any atom is 0.416 e. The monoisotopic (exact) mass is 593 g/mol. The molecule has 0 saturated carbocycles. The van der Waals surface area contributed by atoms with E-state index < -0.39 is 29.7 Å². The van der Waals surface area contributed by atoms with Crippen molar-refractivity contribution in [3.05, 3.63) is 94.5 Å². The summed E-state index contributed by atoms with van der Waals surface area (Å²) in [6.07, 6.45) is -2.19. The Kier molecular flexibility index (Phi) is 7.83. The highest BCUT2D eigenvalue weighted by Crippen LogP contribution is 2.31. The molecule has 2 aliphatic heterocycles. The number of hydrogen-bond donors (Lipinski definition) is 3. The topological polar surface area (TPSA) is 106 Å². The van der Waals surface area contributed by atoms with Gasteiger partial charge in [0, 0.05) is 17.3 Å². The number of amides is 3. The van der Waals surface area contributed by atoms with Gasteiger partial charge in [-0.1, -0.05) is 24.3 Å². The molecule has 3 amide bonds. The van der Waals surface area contributed by atoms with Crippen molar-refractivity contribution in [1.29, 1.82) is 0 Å². The minimum absolute atomic E-state index is 0.0409. The number of ether oxygens (including phenoxy) is 2. The number of benzene rings is 3. The van der Waals surface area contributed by atoms with Gasteiger partial charge in [0.15, 0.2) is 0 Å². The Hall–Kier alpha value is -4.38. The van der Waals surface area contributed by atoms with Crippen LogP contribution in [0, 0.1) is 0 Å². The van der Waals surface area contributed by atoms with E-state index in [-0.39, 0.29) is 53.9 Å². The Morgan fingerprint density at radius 1 is 0.953 bits per heavy atom. The third-order valence-corrected chi connectivity index (χ3v) is 8.12. The van der Waals surface area contributed by atoms with Crippen LogP contribution in [0.2, 0.25) is 0 Å². The van der Waals surface area contributed by atoms with Crippen molar-refractivity contribution >= 4 is 23.4 Å². The third kappa shape index (κ3) is 6.51. The number of carbonyl (C=O) groups excluding carboxylic acids is 3. The molecular formula is C32H30F3N3O5. The molecule has 1 aliphatic carbocycles. The number of alkyl halides is 3. The van der Waals surface area contributed by atoms with Gasteiger partial charge < -0.3 is 25.4 Å². The highest BCUT2D eigenvalue weighted by atomic mass is 19.4. The van der Waals surface area contributed by atoms with Gasteiger partial charge in [-0.3, -0.25) is 14.4 Å². The first kappa shape index (κ1) is 28.7. The molecule has 3 aromatic carbocycles. The van der Waals surface area contributed by atoms with Gasteiger partial charge in [-0.25, -0.2) is 0 Å². The molecule has 224 valence electrons. The zero-order valence-corrected chi connectivity index (χ0v) is 23.1. The van der Waals surface area contributed by atoms with Crippen LogP contribution in [0.25, 0.3) is 0 Å². The summed E-state index contributed by atoms with van der Waals surface area (Å²) >= 11 is 0. The van der Waals surface area contributed by atoms with Crippen molar-refractivity contribution in [2.24, 2.45) is 0 Å². The van der Waals surface area contributed by atoms with E-state index in [0.29, 0.717) is 18.6 Å². The molecule has 2 heterocycles. The molecule has 0 aromatic heterocycles. The second-order valence-electron chi connectivity index (χ2n) is 11.2. The summed E-state index contributed by atoms with van der Waals surface area (Å²) in [4.78, 5) is 38.6. The van der Waals surface area contributed by atoms with Crippen molar-refractivity contribution in [3.8, 4) is 5.75 Å². The lowest BCUT2D eigenvalue weighted by atomic mass is 9.95. The maximum atomic E-state index is 13.2. The van der Waals surface area contributed by atoms with Crippen LogP contribution in [0.15, 0.2) is 66.7 Å². The SMILES string of the molecule is O=C(C[C@@H]1CC[C@@H]2NC(=O)c3cc(NC(=O)c4ccc(C(F)(F)F)cc4)ccc3OC[C@@H]2O1)NC1Cc2ccccc2C1. The van der Waals surface area contributed by atoms with Gasteiger partial charge in [0.05, 0.1) is 29.7 Å². The van der Waals surface area contributed by atoms with Crippen molar-refractivity contribution in [3.63, 3.8) is 0 Å². The summed E-state index contributed by atoms with van der Waals surface area (Å²) in [6, 6.07) is 16.4. The van der Waals surface area contributed by atoms with Gasteiger partial charge >= 0.3 is 6.18 Å². The second-order valence-corrected chi connectivity index (χ2v) is 11.2. The standard InChI is InChI=1S/C32H30F3N3O5/c33-32(34,35)21-7-5-18(6-8-21)30(40)37-22-9-12-27-25(15-22)31(41)38-26-11-10-24(43-28(26)17-42-27)16-29(39)36-23-13-19-3-1-2-4-20(19)14-23/h1-9,12,15,23-24,26,28H,10-11,13-14,16-17H2,(H,36,39)(H,37,40)(H,38,41)/t24-,26-,28-/m0/s1. The van der Waals surface area contributed by atoms with Crippen molar-refractivity contribution < 1.29 is 37.0 Å². The predicted octanol–water partition coefficient (Wildman–Crippen LogP) is 4.67. The van der Waals surface area contributed by atoms with E-state index in [1.807, 2.05) is 12.1 Å². The van der Waals surface area contributed by atoms with Gasteiger partial charge in [0.2, 0.25) is 5.91 Å². The molecule has 0 radical (unpaired) electrons. The summed E-state index contributed by atoms with van der Waals surface area (Å²) in [6.45, 7) is 0.158. The van der Waals surface area contributed by atoms with E-state index in [1.165, 1.54) is 17.2 Å². The quantitative estimate of drug-likeness (QED) is 0.399. The minimum atomic E-state index is -4.50. The second kappa shape index (κ2) is 11.7. The van der Waals surface area contributed by atoms with Crippen molar-refractivity contribution in [2.75, 3.05) is 11.9 Å². The summed E-state index contributed by atoms with van der Waals surface area (Å²) < 4.78 is 50.7. The Labute approximate surface area is 245 Å². The average molecular weight is 594 g/mol. The summed E-state index contributed by atoms with van der Waals surface area (Å²) in [5.41, 5.74) is 2.22. The van der Waals surface area contributed by atoms with Crippen LogP contribution in [0.5, 0.6) is 5.75 Å². The molecule has 3 aromatic rings. The normalized spacial score (nSPS) is 21.7. The highest BCUT2D eigenvalue weighted by molar-refractivity contribution is 6.05. The number of nitrogens with one attached hydrogen (secondary N) is 3. The lowest BCUT2D eigenvalue weighted by Gasteiger charge is -2.38. The van der Waals surface area contributed by atoms with E-state index in [9.17, 15) is 27.6 Å². The molecule has 3 atom stereocenters. The Morgan fingerprint density at radius 3 is 2.37 bits per heavy atom. The number of anilines is 1. The van der Waals surface area contributed by atoms with Gasteiger partial charge in [-0.15, -0.1) is 0 Å². The van der Waals surface area contributed by atoms with Crippen LogP contribution in [0.3, 0.4) is 0 Å². The van der Waals surface area contributed by atoms with Crippen LogP contribution in [0.1, 0.15) is 56.7 Å². The van der Waals surface area contributed by atoms with E-state index in [0.717, 1.165) is 37.1 Å². The Balaban J connectivity index is 1.05. The van der Waals surface area contributed by atoms with Gasteiger partial charge in [0.1, 0.15) is 18.5 Å². The van der Waals surface area contributed by atoms with E-state index in [4.69, 9.17) is 9.47 Å². The Bertz CT molecular complexity index is 1520. The first-order valence-corrected chi connectivity index (χ1v) is 14.2. The molecule has 1 fully saturated rings. The molecule has 0 spiro atoms. The maximum absolute atomic E-state index is 13.2. The van der Waals surface area contributed by atoms with E-state index in [1.54, 1.807) is 12.1 Å². The highest BCUT2D eigenvalue weighted by Gasteiger charge is 2.36. The van der Waals surface area contributed by atoms with Crippen molar-refractivity contribution in [1.82, 2.24) is 10.6 Å². The lowest BCUT2D eigenvalue weighted by Crippen LogP contribution is -2.53. The fourth-order valence-electron chi connectivity index (χ4n) is 5.93. The molecule has 3 aliphatic rings. The first-order chi connectivity index (χ1) is 20.6. The van der Waals surface area contributed by atoms with E-state index in [2.05, 4.69) is 28.1 Å². The number of fused-ring (bicyclic) bond motifs is 3. The van der Waals surface area contributed by atoms with Gasteiger partial charge in [-0.2, -0.15) is 13.2 Å². The van der Waals surface area contributed by atoms with Gasteiger partial charge in [0.25, 0.3) is 11.8 Å². The van der Waals surface area contributed by atoms with Crippen molar-refractivity contribution in [2.45, 2.75) is 62.6 Å². The smallest absolute Gasteiger partial charge is 0.416 e. The van der Waals surface area contributed by atoms with Crippen LogP contribution in [-0.4, -0.2) is 48.6 Å². The predicted molar refractivity (Wildman–Crippen MR) is 151 cm³/mol. The van der Waals surface area contributed by atoms with Gasteiger partial charge in [-0.05, 0) is 79.3 Å². The fourth-order valence-corrected chi connectivity index (χ4v) is 5.93. The summed E-state index contributed by atoms with van der Waals surface area (Å²) in [7, 11) is 0. The van der Waals surface area contributed by atoms with Crippen LogP contribution in [0.4, 0.5) is 18.9 Å². The zero-order chi connectivity index (χ0) is 30.1. The Morgan fingerprint density at radius 2 is 1.67 bits per heavy atom. The number of carbonyl (C=O) groups is 3. The minimum Gasteiger partial charge on any atom is -0.490 e. The zero-order valence-electron chi connectivity index (χ0n) is 23.1. The molecule has 43 heavy (non-hydrogen) atoms. The molecule has 11 heteroatoms. The average Bonchev–Trinajstić information content (AvgIpc) is 3.38. The number of hydrogen-bond acceptors (Lipinski definition) is 5. The van der Waals surface area contributed by atoms with E-state index >= 15 is 0 Å². The fraction of sp³-hybridized carbons (Fsp3) is 0.344. The molecule has 8 nitrogen and oxygen atoms in total.